The van der Waals surface area contributed by atoms with E-state index < -0.39 is 0 Å². The first-order valence-corrected chi connectivity index (χ1v) is 8.24. The summed E-state index contributed by atoms with van der Waals surface area (Å²) in [6.45, 7) is 4.07. The van der Waals surface area contributed by atoms with Crippen molar-refractivity contribution in [3.8, 4) is 17.0 Å². The van der Waals surface area contributed by atoms with Crippen molar-refractivity contribution >= 4 is 21.6 Å². The standard InChI is InChI=1S/C18H16BrN3O/c1-10-3-5-15-13(7-10)16-8-11(2)21-22(16)18(20-15)14-9-12(19)4-6-17(14)23/h3-9,18,20,23H,1-2H3/t18-/m0/s1. The fourth-order valence-corrected chi connectivity index (χ4v) is 3.45. The van der Waals surface area contributed by atoms with Gasteiger partial charge in [-0.1, -0.05) is 27.6 Å². The van der Waals surface area contributed by atoms with E-state index in [-0.39, 0.29) is 11.9 Å². The maximum absolute atomic E-state index is 10.3. The Morgan fingerprint density at radius 2 is 1.96 bits per heavy atom. The number of aromatic nitrogens is 2. The van der Waals surface area contributed by atoms with Gasteiger partial charge in [-0.15, -0.1) is 0 Å². The molecule has 0 saturated carbocycles. The third-order valence-corrected chi connectivity index (χ3v) is 4.62. The van der Waals surface area contributed by atoms with E-state index in [0.717, 1.165) is 32.7 Å². The minimum Gasteiger partial charge on any atom is -0.508 e. The van der Waals surface area contributed by atoms with Crippen LogP contribution in [0.25, 0.3) is 11.3 Å². The van der Waals surface area contributed by atoms with Crippen molar-refractivity contribution in [2.75, 3.05) is 5.32 Å². The second-order valence-electron chi connectivity index (χ2n) is 5.91. The number of nitrogens with zero attached hydrogens (tertiary/aromatic N) is 2. The molecule has 5 heteroatoms. The zero-order valence-corrected chi connectivity index (χ0v) is 14.4. The molecular weight excluding hydrogens is 354 g/mol. The molecular formula is C18H16BrN3O. The van der Waals surface area contributed by atoms with Crippen LogP contribution in [0.5, 0.6) is 5.75 Å². The van der Waals surface area contributed by atoms with Crippen LogP contribution in [-0.2, 0) is 0 Å². The highest BCUT2D eigenvalue weighted by Crippen LogP contribution is 2.41. The monoisotopic (exact) mass is 369 g/mol. The van der Waals surface area contributed by atoms with E-state index in [1.54, 1.807) is 6.07 Å². The average Bonchev–Trinajstić information content (AvgIpc) is 2.91. The molecule has 0 aliphatic carbocycles. The summed E-state index contributed by atoms with van der Waals surface area (Å²) in [5.41, 5.74) is 6.19. The summed E-state index contributed by atoms with van der Waals surface area (Å²) in [5.74, 6) is 0.250. The number of hydrogen-bond donors (Lipinski definition) is 2. The molecule has 0 amide bonds. The Labute approximate surface area is 142 Å². The van der Waals surface area contributed by atoms with E-state index in [4.69, 9.17) is 0 Å². The highest BCUT2D eigenvalue weighted by Gasteiger charge is 2.28. The van der Waals surface area contributed by atoms with Crippen LogP contribution < -0.4 is 5.32 Å². The quantitative estimate of drug-likeness (QED) is 0.658. The minimum absolute atomic E-state index is 0.244. The van der Waals surface area contributed by atoms with Gasteiger partial charge in [0.05, 0.1) is 11.4 Å². The molecule has 0 fully saturated rings. The third-order valence-electron chi connectivity index (χ3n) is 4.13. The lowest BCUT2D eigenvalue weighted by atomic mass is 10.0. The molecule has 4 rings (SSSR count). The highest BCUT2D eigenvalue weighted by atomic mass is 79.9. The molecule has 2 aromatic carbocycles. The summed E-state index contributed by atoms with van der Waals surface area (Å²) in [4.78, 5) is 0. The molecule has 116 valence electrons. The minimum atomic E-state index is -0.244. The predicted octanol–water partition coefficient (Wildman–Crippen LogP) is 4.61. The van der Waals surface area contributed by atoms with Crippen LogP contribution in [0.2, 0.25) is 0 Å². The fraction of sp³-hybridized carbons (Fsp3) is 0.167. The number of rotatable bonds is 1. The van der Waals surface area contributed by atoms with E-state index in [1.807, 2.05) is 23.7 Å². The van der Waals surface area contributed by atoms with Crippen LogP contribution in [0.1, 0.15) is 23.0 Å². The van der Waals surface area contributed by atoms with Crippen LogP contribution in [0.15, 0.2) is 46.9 Å². The summed E-state index contributed by atoms with van der Waals surface area (Å²) in [6.07, 6.45) is -0.244. The Kier molecular flexibility index (Phi) is 3.20. The lowest BCUT2D eigenvalue weighted by molar-refractivity contribution is 0.452. The van der Waals surface area contributed by atoms with Gasteiger partial charge in [0, 0.05) is 21.3 Å². The van der Waals surface area contributed by atoms with Crippen molar-refractivity contribution in [3.63, 3.8) is 0 Å². The summed E-state index contributed by atoms with van der Waals surface area (Å²) in [6, 6.07) is 13.9. The zero-order valence-electron chi connectivity index (χ0n) is 12.8. The summed E-state index contributed by atoms with van der Waals surface area (Å²) >= 11 is 3.48. The normalized spacial score (nSPS) is 15.7. The number of aryl methyl sites for hydroxylation is 2. The molecule has 3 aromatic rings. The molecule has 1 aromatic heterocycles. The first-order valence-electron chi connectivity index (χ1n) is 7.45. The van der Waals surface area contributed by atoms with Gasteiger partial charge in [-0.25, -0.2) is 4.68 Å². The van der Waals surface area contributed by atoms with Crippen molar-refractivity contribution in [3.05, 3.63) is 63.8 Å². The molecule has 1 atom stereocenters. The van der Waals surface area contributed by atoms with E-state index in [1.165, 1.54) is 5.56 Å². The maximum atomic E-state index is 10.3. The second-order valence-corrected chi connectivity index (χ2v) is 6.83. The number of aromatic hydroxyl groups is 1. The van der Waals surface area contributed by atoms with Gasteiger partial charge in [-0.3, -0.25) is 0 Å². The van der Waals surface area contributed by atoms with Gasteiger partial charge in [0.1, 0.15) is 5.75 Å². The summed E-state index contributed by atoms with van der Waals surface area (Å²) < 4.78 is 2.87. The lowest BCUT2D eigenvalue weighted by Crippen LogP contribution is -2.25. The molecule has 23 heavy (non-hydrogen) atoms. The lowest BCUT2D eigenvalue weighted by Gasteiger charge is -2.30. The van der Waals surface area contributed by atoms with E-state index in [2.05, 4.69) is 57.5 Å². The summed E-state index contributed by atoms with van der Waals surface area (Å²) in [5, 5.41) is 18.4. The van der Waals surface area contributed by atoms with E-state index >= 15 is 0 Å². The first-order chi connectivity index (χ1) is 11.0. The van der Waals surface area contributed by atoms with Gasteiger partial charge in [-0.2, -0.15) is 5.10 Å². The number of halogens is 1. The van der Waals surface area contributed by atoms with Crippen LogP contribution in [0.3, 0.4) is 0 Å². The van der Waals surface area contributed by atoms with Gasteiger partial charge in [0.2, 0.25) is 0 Å². The van der Waals surface area contributed by atoms with Gasteiger partial charge < -0.3 is 10.4 Å². The maximum Gasteiger partial charge on any atom is 0.150 e. The van der Waals surface area contributed by atoms with Crippen LogP contribution in [0, 0.1) is 13.8 Å². The average molecular weight is 370 g/mol. The number of hydrogen-bond acceptors (Lipinski definition) is 3. The van der Waals surface area contributed by atoms with Crippen LogP contribution >= 0.6 is 15.9 Å². The van der Waals surface area contributed by atoms with Crippen molar-refractivity contribution in [2.45, 2.75) is 20.0 Å². The zero-order chi connectivity index (χ0) is 16.1. The molecule has 4 nitrogen and oxygen atoms in total. The Balaban J connectivity index is 1.94. The Hall–Kier alpha value is -2.27. The van der Waals surface area contributed by atoms with Crippen molar-refractivity contribution in [2.24, 2.45) is 0 Å². The molecule has 0 radical (unpaired) electrons. The van der Waals surface area contributed by atoms with Gasteiger partial charge in [0.25, 0.3) is 0 Å². The first kappa shape index (κ1) is 14.3. The number of benzene rings is 2. The van der Waals surface area contributed by atoms with E-state index in [9.17, 15) is 5.11 Å². The topological polar surface area (TPSA) is 50.1 Å². The Bertz CT molecular complexity index is 917. The van der Waals surface area contributed by atoms with Gasteiger partial charge in [0.15, 0.2) is 6.17 Å². The molecule has 0 spiro atoms. The number of phenolic OH excluding ortho intramolecular Hbond substituents is 1. The molecule has 1 aliphatic rings. The second kappa shape index (κ2) is 5.13. The van der Waals surface area contributed by atoms with Gasteiger partial charge in [-0.05, 0) is 50.2 Å². The van der Waals surface area contributed by atoms with Crippen LogP contribution in [-0.4, -0.2) is 14.9 Å². The van der Waals surface area contributed by atoms with Crippen molar-refractivity contribution < 1.29 is 5.11 Å². The smallest absolute Gasteiger partial charge is 0.150 e. The molecule has 2 heterocycles. The largest absolute Gasteiger partial charge is 0.508 e. The molecule has 0 bridgehead atoms. The molecule has 0 saturated heterocycles. The van der Waals surface area contributed by atoms with Gasteiger partial charge >= 0.3 is 0 Å². The Morgan fingerprint density at radius 3 is 2.78 bits per heavy atom. The molecule has 2 N–H and O–H groups in total. The highest BCUT2D eigenvalue weighted by molar-refractivity contribution is 9.10. The predicted molar refractivity (Wildman–Crippen MR) is 94.7 cm³/mol. The van der Waals surface area contributed by atoms with E-state index in [0.29, 0.717) is 0 Å². The molecule has 0 unspecified atom stereocenters. The number of anilines is 1. The third kappa shape index (κ3) is 2.32. The van der Waals surface area contributed by atoms with Crippen molar-refractivity contribution in [1.29, 1.82) is 0 Å². The Morgan fingerprint density at radius 1 is 1.13 bits per heavy atom. The number of phenols is 1. The van der Waals surface area contributed by atoms with Crippen LogP contribution in [0.4, 0.5) is 5.69 Å². The summed E-state index contributed by atoms with van der Waals surface area (Å²) in [7, 11) is 0. The number of fused-ring (bicyclic) bond motifs is 3. The SMILES string of the molecule is Cc1ccc2c(c1)-c1cc(C)nn1[C@@H](c1cc(Br)ccc1O)N2. The van der Waals surface area contributed by atoms with Crippen molar-refractivity contribution in [1.82, 2.24) is 9.78 Å². The fourth-order valence-electron chi connectivity index (χ4n) is 3.07. The number of nitrogens with one attached hydrogen (secondary N) is 1. The molecule has 1 aliphatic heterocycles.